The highest BCUT2D eigenvalue weighted by Gasteiger charge is 2.17. The molecule has 0 atom stereocenters. The fourth-order valence-corrected chi connectivity index (χ4v) is 2.95. The molecule has 4 heteroatoms. The minimum Gasteiger partial charge on any atom is -0.504 e. The van der Waals surface area contributed by atoms with Crippen molar-refractivity contribution in [2.45, 2.75) is 58.4 Å². The first kappa shape index (κ1) is 18.3. The predicted octanol–water partition coefficient (Wildman–Crippen LogP) is 4.39. The van der Waals surface area contributed by atoms with Crippen LogP contribution in [-0.4, -0.2) is 28.2 Å². The Morgan fingerprint density at radius 2 is 1.57 bits per heavy atom. The van der Waals surface area contributed by atoms with Crippen molar-refractivity contribution in [3.05, 3.63) is 23.3 Å². The molecule has 3 nitrogen and oxygen atoms in total. The number of fused-ring (bicyclic) bond motifs is 1. The first-order valence-electron chi connectivity index (χ1n) is 7.96. The lowest BCUT2D eigenvalue weighted by atomic mass is 9.98. The predicted molar refractivity (Wildman–Crippen MR) is 92.5 cm³/mol. The van der Waals surface area contributed by atoms with Gasteiger partial charge in [-0.2, -0.15) is 0 Å². The molecule has 0 saturated heterocycles. The van der Waals surface area contributed by atoms with Crippen LogP contribution in [0.1, 0.15) is 56.6 Å². The standard InChI is InChI=1S/C17H27NO2.BrH/c1-2-3-4-5-6-7-9-18-10-8-14-11-16(19)17(20)12-15(14)13-18;/h11-12,19-20H,2-10,13H2,1H3;1H. The van der Waals surface area contributed by atoms with Crippen molar-refractivity contribution in [2.75, 3.05) is 13.1 Å². The van der Waals surface area contributed by atoms with Crippen LogP contribution in [0, 0.1) is 0 Å². The second-order valence-electron chi connectivity index (χ2n) is 5.90. The maximum Gasteiger partial charge on any atom is 0.157 e. The molecule has 0 spiro atoms. The lowest BCUT2D eigenvalue weighted by Gasteiger charge is -2.29. The lowest BCUT2D eigenvalue weighted by Crippen LogP contribution is -2.31. The molecule has 0 radical (unpaired) electrons. The Morgan fingerprint density at radius 1 is 0.952 bits per heavy atom. The van der Waals surface area contributed by atoms with Crippen molar-refractivity contribution in [2.24, 2.45) is 0 Å². The zero-order valence-electron chi connectivity index (χ0n) is 13.0. The van der Waals surface area contributed by atoms with Gasteiger partial charge in [-0.15, -0.1) is 17.0 Å². The molecule has 0 saturated carbocycles. The van der Waals surface area contributed by atoms with Gasteiger partial charge in [0, 0.05) is 13.1 Å². The molecular weight excluding hydrogens is 330 g/mol. The van der Waals surface area contributed by atoms with Gasteiger partial charge in [0.05, 0.1) is 0 Å². The van der Waals surface area contributed by atoms with Crippen molar-refractivity contribution in [1.82, 2.24) is 4.90 Å². The van der Waals surface area contributed by atoms with E-state index in [1.807, 2.05) is 0 Å². The second-order valence-corrected chi connectivity index (χ2v) is 5.90. The Morgan fingerprint density at radius 3 is 2.29 bits per heavy atom. The maximum absolute atomic E-state index is 9.59. The van der Waals surface area contributed by atoms with E-state index in [2.05, 4.69) is 11.8 Å². The number of benzene rings is 1. The third-order valence-electron chi connectivity index (χ3n) is 4.22. The van der Waals surface area contributed by atoms with Crippen LogP contribution in [-0.2, 0) is 13.0 Å². The van der Waals surface area contributed by atoms with Crippen LogP contribution in [0.4, 0.5) is 0 Å². The van der Waals surface area contributed by atoms with Crippen molar-refractivity contribution >= 4 is 17.0 Å². The molecule has 21 heavy (non-hydrogen) atoms. The minimum absolute atomic E-state index is 0. The lowest BCUT2D eigenvalue weighted by molar-refractivity contribution is 0.247. The second kappa shape index (κ2) is 9.31. The van der Waals surface area contributed by atoms with Crippen LogP contribution in [0.25, 0.3) is 0 Å². The van der Waals surface area contributed by atoms with Gasteiger partial charge in [-0.1, -0.05) is 39.0 Å². The fourth-order valence-electron chi connectivity index (χ4n) is 2.95. The number of unbranched alkanes of at least 4 members (excludes halogenated alkanes) is 5. The van der Waals surface area contributed by atoms with Crippen LogP contribution >= 0.6 is 17.0 Å². The van der Waals surface area contributed by atoms with Crippen molar-refractivity contribution < 1.29 is 10.2 Å². The van der Waals surface area contributed by atoms with Crippen molar-refractivity contribution in [1.29, 1.82) is 0 Å². The van der Waals surface area contributed by atoms with E-state index in [1.165, 1.54) is 44.1 Å². The number of rotatable bonds is 7. The Hall–Kier alpha value is -0.740. The summed E-state index contributed by atoms with van der Waals surface area (Å²) in [6.07, 6.45) is 8.95. The van der Waals surface area contributed by atoms with Crippen molar-refractivity contribution in [3.63, 3.8) is 0 Å². The summed E-state index contributed by atoms with van der Waals surface area (Å²) in [6.45, 7) is 5.36. The number of phenolic OH excluding ortho intramolecular Hbond substituents is 2. The molecule has 1 aliphatic heterocycles. The molecule has 120 valence electrons. The molecule has 2 rings (SSSR count). The molecule has 0 fully saturated rings. The summed E-state index contributed by atoms with van der Waals surface area (Å²) in [7, 11) is 0. The summed E-state index contributed by atoms with van der Waals surface area (Å²) in [6, 6.07) is 3.44. The van der Waals surface area contributed by atoms with E-state index in [-0.39, 0.29) is 28.5 Å². The number of nitrogens with zero attached hydrogens (tertiary/aromatic N) is 1. The van der Waals surface area contributed by atoms with E-state index in [1.54, 1.807) is 12.1 Å². The number of phenols is 2. The molecule has 0 aromatic heterocycles. The van der Waals surface area contributed by atoms with Crippen LogP contribution < -0.4 is 0 Å². The van der Waals surface area contributed by atoms with E-state index >= 15 is 0 Å². The van der Waals surface area contributed by atoms with E-state index in [4.69, 9.17) is 0 Å². The highest BCUT2D eigenvalue weighted by molar-refractivity contribution is 8.93. The SMILES string of the molecule is Br.CCCCCCCCN1CCc2cc(O)c(O)cc2C1. The number of hydrogen-bond acceptors (Lipinski definition) is 3. The van der Waals surface area contributed by atoms with Crippen LogP contribution in [0.2, 0.25) is 0 Å². The Kier molecular flexibility index (Phi) is 8.12. The largest absolute Gasteiger partial charge is 0.504 e. The Balaban J connectivity index is 0.00000220. The van der Waals surface area contributed by atoms with Crippen LogP contribution in [0.3, 0.4) is 0 Å². The third kappa shape index (κ3) is 5.51. The summed E-state index contributed by atoms with van der Waals surface area (Å²) in [5.41, 5.74) is 2.34. The molecule has 0 bridgehead atoms. The van der Waals surface area contributed by atoms with Gasteiger partial charge >= 0.3 is 0 Å². The van der Waals surface area contributed by atoms with E-state index in [0.29, 0.717) is 0 Å². The number of aromatic hydroxyl groups is 2. The average molecular weight is 358 g/mol. The molecule has 2 N–H and O–H groups in total. The van der Waals surface area contributed by atoms with Gasteiger partial charge in [0.25, 0.3) is 0 Å². The van der Waals surface area contributed by atoms with Gasteiger partial charge in [0.15, 0.2) is 11.5 Å². The molecule has 1 aromatic carbocycles. The monoisotopic (exact) mass is 357 g/mol. The highest BCUT2D eigenvalue weighted by atomic mass is 79.9. The smallest absolute Gasteiger partial charge is 0.157 e. The summed E-state index contributed by atoms with van der Waals surface area (Å²) in [5, 5.41) is 19.1. The summed E-state index contributed by atoms with van der Waals surface area (Å²) < 4.78 is 0. The molecular formula is C17H28BrNO2. The third-order valence-corrected chi connectivity index (χ3v) is 4.22. The summed E-state index contributed by atoms with van der Waals surface area (Å²) in [4.78, 5) is 2.46. The molecule has 1 aliphatic rings. The number of hydrogen-bond donors (Lipinski definition) is 2. The van der Waals surface area contributed by atoms with Gasteiger partial charge in [-0.3, -0.25) is 4.90 Å². The van der Waals surface area contributed by atoms with E-state index < -0.39 is 0 Å². The molecule has 1 heterocycles. The van der Waals surface area contributed by atoms with Gasteiger partial charge in [0.1, 0.15) is 0 Å². The highest BCUT2D eigenvalue weighted by Crippen LogP contribution is 2.31. The molecule has 0 amide bonds. The maximum atomic E-state index is 9.59. The van der Waals surface area contributed by atoms with Gasteiger partial charge < -0.3 is 10.2 Å². The Labute approximate surface area is 138 Å². The van der Waals surface area contributed by atoms with Gasteiger partial charge in [-0.25, -0.2) is 0 Å². The summed E-state index contributed by atoms with van der Waals surface area (Å²) in [5.74, 6) is 0.0123. The molecule has 0 unspecified atom stereocenters. The first-order chi connectivity index (χ1) is 9.70. The van der Waals surface area contributed by atoms with E-state index in [0.717, 1.165) is 31.6 Å². The first-order valence-corrected chi connectivity index (χ1v) is 7.96. The summed E-state index contributed by atoms with van der Waals surface area (Å²) >= 11 is 0. The zero-order chi connectivity index (χ0) is 14.4. The average Bonchev–Trinajstić information content (AvgIpc) is 2.44. The zero-order valence-corrected chi connectivity index (χ0v) is 14.7. The minimum atomic E-state index is 0. The Bertz CT molecular complexity index is 437. The van der Waals surface area contributed by atoms with E-state index in [9.17, 15) is 10.2 Å². The van der Waals surface area contributed by atoms with Crippen LogP contribution in [0.5, 0.6) is 11.5 Å². The normalized spacial score (nSPS) is 14.5. The number of halogens is 1. The van der Waals surface area contributed by atoms with Gasteiger partial charge in [0.2, 0.25) is 0 Å². The fraction of sp³-hybridized carbons (Fsp3) is 0.647. The van der Waals surface area contributed by atoms with Crippen molar-refractivity contribution in [3.8, 4) is 11.5 Å². The topological polar surface area (TPSA) is 43.7 Å². The molecule has 0 aliphatic carbocycles. The quantitative estimate of drug-likeness (QED) is 0.561. The van der Waals surface area contributed by atoms with Crippen LogP contribution in [0.15, 0.2) is 12.1 Å². The van der Waals surface area contributed by atoms with Gasteiger partial charge in [-0.05, 0) is 42.6 Å². The molecule has 1 aromatic rings.